The molecule has 1 atom stereocenters. The second-order valence-electron chi connectivity index (χ2n) is 12.1. The number of nitrogens with one attached hydrogen (secondary N) is 1. The van der Waals surface area contributed by atoms with E-state index in [0.717, 1.165) is 5.56 Å². The highest BCUT2D eigenvalue weighted by molar-refractivity contribution is 6.74. The van der Waals surface area contributed by atoms with Crippen molar-refractivity contribution in [3.8, 4) is 5.75 Å². The third kappa shape index (κ3) is 6.10. The first-order valence-electron chi connectivity index (χ1n) is 12.2. The summed E-state index contributed by atoms with van der Waals surface area (Å²) in [5.41, 5.74) is 2.33. The Labute approximate surface area is 209 Å². The van der Waals surface area contributed by atoms with Crippen molar-refractivity contribution in [3.05, 3.63) is 29.3 Å². The Hall–Kier alpha value is -2.30. The van der Waals surface area contributed by atoms with Crippen LogP contribution in [-0.4, -0.2) is 59.9 Å². The van der Waals surface area contributed by atoms with Crippen LogP contribution < -0.4 is 10.2 Å². The van der Waals surface area contributed by atoms with E-state index in [2.05, 4.69) is 39.0 Å². The monoisotopic (exact) mass is 507 g/mol. The van der Waals surface area contributed by atoms with Gasteiger partial charge in [0.15, 0.2) is 14.2 Å². The Balaban J connectivity index is 1.90. The number of hydrogen-bond acceptors (Lipinski definition) is 7. The van der Waals surface area contributed by atoms with Crippen LogP contribution in [0.3, 0.4) is 0 Å². The van der Waals surface area contributed by atoms with E-state index in [4.69, 9.17) is 13.9 Å². The summed E-state index contributed by atoms with van der Waals surface area (Å²) in [6.45, 7) is 17.8. The Morgan fingerprint density at radius 2 is 1.83 bits per heavy atom. The summed E-state index contributed by atoms with van der Waals surface area (Å²) in [5.74, 6) is 0.662. The normalized spacial score (nSPS) is 20.8. The summed E-state index contributed by atoms with van der Waals surface area (Å²) in [6.07, 6.45) is 1.47. The van der Waals surface area contributed by atoms with Crippen LogP contribution in [0, 0.1) is 0 Å². The Morgan fingerprint density at radius 3 is 2.34 bits per heavy atom. The van der Waals surface area contributed by atoms with Gasteiger partial charge in [-0.2, -0.15) is 0 Å². The lowest BCUT2D eigenvalue weighted by molar-refractivity contribution is -0.0542. The molecule has 2 heterocycles. The van der Waals surface area contributed by atoms with Gasteiger partial charge in [-0.05, 0) is 57.1 Å². The van der Waals surface area contributed by atoms with Crippen LogP contribution in [0.15, 0.2) is 23.4 Å². The zero-order valence-corrected chi connectivity index (χ0v) is 23.3. The smallest absolute Gasteiger partial charge is 0.410 e. The number of ether oxygens (including phenoxy) is 2. The van der Waals surface area contributed by atoms with Crippen molar-refractivity contribution in [1.82, 2.24) is 10.4 Å². The number of carbonyl (C=O) groups is 1. The molecule has 35 heavy (non-hydrogen) atoms. The number of carbonyl (C=O) groups excluding carboxylic acids is 1. The highest BCUT2D eigenvalue weighted by Crippen LogP contribution is 2.49. The zero-order valence-electron chi connectivity index (χ0n) is 22.3. The largest absolute Gasteiger partial charge is 0.487 e. The van der Waals surface area contributed by atoms with E-state index in [0.29, 0.717) is 43.7 Å². The van der Waals surface area contributed by atoms with Crippen molar-refractivity contribution in [2.45, 2.75) is 96.2 Å². The van der Waals surface area contributed by atoms with Crippen LogP contribution in [0.5, 0.6) is 5.75 Å². The van der Waals surface area contributed by atoms with Gasteiger partial charge in [-0.1, -0.05) is 25.9 Å². The SMILES string of the molecule is CC(C)(C)OC(=O)N1CCC2(CC1)CC(O[Si](C)(C)C(C)(C)C)c1cc(/C(=N/O)NO)ccc1O2. The van der Waals surface area contributed by atoms with Gasteiger partial charge < -0.3 is 24.0 Å². The molecule has 196 valence electrons. The number of oxime groups is 1. The summed E-state index contributed by atoms with van der Waals surface area (Å²) < 4.78 is 19.1. The molecule has 0 saturated carbocycles. The Kier molecular flexibility index (Phi) is 7.51. The molecule has 10 heteroatoms. The van der Waals surface area contributed by atoms with E-state index in [1.807, 2.05) is 38.4 Å². The highest BCUT2D eigenvalue weighted by atomic mass is 28.4. The second kappa shape index (κ2) is 9.63. The number of amides is 1. The molecule has 9 nitrogen and oxygen atoms in total. The van der Waals surface area contributed by atoms with Crippen molar-refractivity contribution in [3.63, 3.8) is 0 Å². The number of benzene rings is 1. The number of rotatable bonds is 3. The zero-order chi connectivity index (χ0) is 26.2. The van der Waals surface area contributed by atoms with E-state index in [-0.39, 0.29) is 23.1 Å². The fourth-order valence-corrected chi connectivity index (χ4v) is 5.55. The van der Waals surface area contributed by atoms with Crippen LogP contribution >= 0.6 is 0 Å². The van der Waals surface area contributed by atoms with Gasteiger partial charge in [-0.25, -0.2) is 10.3 Å². The summed E-state index contributed by atoms with van der Waals surface area (Å²) >= 11 is 0. The number of piperidine rings is 1. The van der Waals surface area contributed by atoms with Gasteiger partial charge >= 0.3 is 6.09 Å². The summed E-state index contributed by atoms with van der Waals surface area (Å²) in [5, 5.41) is 21.7. The van der Waals surface area contributed by atoms with Crippen molar-refractivity contribution in [1.29, 1.82) is 0 Å². The summed E-state index contributed by atoms with van der Waals surface area (Å²) in [6, 6.07) is 5.40. The van der Waals surface area contributed by atoms with Crippen molar-refractivity contribution in [2.24, 2.45) is 5.16 Å². The van der Waals surface area contributed by atoms with E-state index < -0.39 is 19.5 Å². The first-order valence-corrected chi connectivity index (χ1v) is 15.1. The standard InChI is InChI=1S/C25H41N3O6Si/c1-23(2,3)33-22(29)28-13-11-25(12-14-28)16-20(34-35(7,8)24(4,5)6)18-15-17(21(26-30)27-31)9-10-19(18)32-25/h9-10,15,20,30-31H,11-14,16H2,1-8H3,(H,26,27). The minimum atomic E-state index is -2.15. The molecule has 1 aromatic rings. The predicted molar refractivity (Wildman–Crippen MR) is 136 cm³/mol. The number of hydroxylamine groups is 1. The van der Waals surface area contributed by atoms with Crippen LogP contribution in [-0.2, 0) is 9.16 Å². The van der Waals surface area contributed by atoms with Gasteiger partial charge in [0.1, 0.15) is 17.0 Å². The fraction of sp³-hybridized carbons (Fsp3) is 0.680. The molecular formula is C25H41N3O6Si. The van der Waals surface area contributed by atoms with E-state index in [9.17, 15) is 15.2 Å². The molecule has 1 aromatic carbocycles. The van der Waals surface area contributed by atoms with Gasteiger partial charge in [0, 0.05) is 43.5 Å². The lowest BCUT2D eigenvalue weighted by Gasteiger charge is -2.49. The maximum absolute atomic E-state index is 12.6. The summed E-state index contributed by atoms with van der Waals surface area (Å²) in [4.78, 5) is 14.3. The van der Waals surface area contributed by atoms with Crippen LogP contribution in [0.2, 0.25) is 18.1 Å². The molecule has 0 bridgehead atoms. The molecular weight excluding hydrogens is 466 g/mol. The van der Waals surface area contributed by atoms with Gasteiger partial charge in [0.25, 0.3) is 0 Å². The lowest BCUT2D eigenvalue weighted by atomic mass is 9.81. The fourth-order valence-electron chi connectivity index (χ4n) is 4.27. The topological polar surface area (TPSA) is 113 Å². The van der Waals surface area contributed by atoms with Crippen molar-refractivity contribution in [2.75, 3.05) is 13.1 Å². The van der Waals surface area contributed by atoms with Crippen LogP contribution in [0.4, 0.5) is 4.79 Å². The maximum atomic E-state index is 12.6. The molecule has 1 saturated heterocycles. The number of hydrogen-bond donors (Lipinski definition) is 3. The third-order valence-corrected chi connectivity index (χ3v) is 11.8. The molecule has 3 N–H and O–H groups in total. The van der Waals surface area contributed by atoms with Crippen LogP contribution in [0.25, 0.3) is 0 Å². The minimum absolute atomic E-state index is 0.0146. The average molecular weight is 508 g/mol. The lowest BCUT2D eigenvalue weighted by Crippen LogP contribution is -2.53. The number of likely N-dealkylation sites (tertiary alicyclic amines) is 1. The number of amidine groups is 1. The Bertz CT molecular complexity index is 959. The van der Waals surface area contributed by atoms with E-state index in [1.165, 1.54) is 0 Å². The van der Waals surface area contributed by atoms with Crippen molar-refractivity contribution >= 4 is 20.2 Å². The molecule has 2 aliphatic rings. The molecule has 1 fully saturated rings. The molecule has 1 spiro atoms. The van der Waals surface area contributed by atoms with Crippen LogP contribution in [0.1, 0.15) is 78.0 Å². The highest BCUT2D eigenvalue weighted by Gasteiger charge is 2.48. The molecule has 0 radical (unpaired) electrons. The second-order valence-corrected chi connectivity index (χ2v) is 16.9. The quantitative estimate of drug-likeness (QED) is 0.165. The third-order valence-electron chi connectivity index (χ3n) is 7.29. The van der Waals surface area contributed by atoms with Crippen molar-refractivity contribution < 1.29 is 29.1 Å². The van der Waals surface area contributed by atoms with Gasteiger partial charge in [-0.15, -0.1) is 0 Å². The van der Waals surface area contributed by atoms with Gasteiger partial charge in [0.2, 0.25) is 0 Å². The molecule has 1 unspecified atom stereocenters. The average Bonchev–Trinajstić information content (AvgIpc) is 2.73. The first kappa shape index (κ1) is 27.3. The number of fused-ring (bicyclic) bond motifs is 1. The van der Waals surface area contributed by atoms with Gasteiger partial charge in [0.05, 0.1) is 6.10 Å². The molecule has 3 rings (SSSR count). The molecule has 2 aliphatic heterocycles. The summed E-state index contributed by atoms with van der Waals surface area (Å²) in [7, 11) is -2.15. The van der Waals surface area contributed by atoms with E-state index in [1.54, 1.807) is 11.0 Å². The molecule has 1 amide bonds. The maximum Gasteiger partial charge on any atom is 0.410 e. The van der Waals surface area contributed by atoms with E-state index >= 15 is 0 Å². The Morgan fingerprint density at radius 1 is 1.20 bits per heavy atom. The number of nitrogens with zero attached hydrogens (tertiary/aromatic N) is 2. The first-order chi connectivity index (χ1) is 16.1. The predicted octanol–water partition coefficient (Wildman–Crippen LogP) is 5.42. The molecule has 0 aliphatic carbocycles. The van der Waals surface area contributed by atoms with Gasteiger partial charge in [-0.3, -0.25) is 5.21 Å². The molecule has 0 aromatic heterocycles. The minimum Gasteiger partial charge on any atom is -0.487 e.